The van der Waals surface area contributed by atoms with Gasteiger partial charge in [-0.3, -0.25) is 4.79 Å². The van der Waals surface area contributed by atoms with E-state index in [-0.39, 0.29) is 30.1 Å². The Bertz CT molecular complexity index is 1560. The summed E-state index contributed by atoms with van der Waals surface area (Å²) in [5, 5.41) is 11.6. The Morgan fingerprint density at radius 1 is 0.927 bits per heavy atom. The predicted octanol–water partition coefficient (Wildman–Crippen LogP) is 4.89. The monoisotopic (exact) mass is 574 g/mol. The maximum absolute atomic E-state index is 13.6. The molecule has 2 heterocycles. The van der Waals surface area contributed by atoms with Crippen molar-refractivity contribution in [1.82, 2.24) is 14.3 Å². The number of methoxy groups -OCH3 is 1. The van der Waals surface area contributed by atoms with Gasteiger partial charge < -0.3 is 15.2 Å². The van der Waals surface area contributed by atoms with E-state index in [9.17, 15) is 13.2 Å². The number of hydrogen-bond donors (Lipinski definition) is 2. The Balaban J connectivity index is 1.56. The van der Waals surface area contributed by atoms with E-state index in [0.717, 1.165) is 23.3 Å². The first-order chi connectivity index (χ1) is 19.6. The fraction of sp³-hybridized carbons (Fsp3) is 0.258. The van der Waals surface area contributed by atoms with E-state index in [1.54, 1.807) is 37.4 Å². The quantitative estimate of drug-likeness (QED) is 0.231. The molecule has 2 aromatic heterocycles. The highest BCUT2D eigenvalue weighted by molar-refractivity contribution is 7.89. The van der Waals surface area contributed by atoms with Crippen LogP contribution in [-0.2, 0) is 39.7 Å². The number of carboxylic acids is 1. The molecule has 0 spiro atoms. The molecule has 0 radical (unpaired) electrons. The molecule has 4 aromatic rings. The van der Waals surface area contributed by atoms with Gasteiger partial charge in [0.15, 0.2) is 5.03 Å². The van der Waals surface area contributed by atoms with Gasteiger partial charge in [0.05, 0.1) is 19.3 Å². The van der Waals surface area contributed by atoms with Crippen LogP contribution in [0.5, 0.6) is 5.75 Å². The number of aromatic nitrogens is 2. The van der Waals surface area contributed by atoms with Crippen LogP contribution in [-0.4, -0.2) is 47.4 Å². The number of sulfonamides is 1. The molecule has 9 nitrogen and oxygen atoms in total. The van der Waals surface area contributed by atoms with E-state index in [2.05, 4.69) is 41.3 Å². The third-order valence-electron chi connectivity index (χ3n) is 6.71. The average Bonchev–Trinajstić information content (AvgIpc) is 2.97. The van der Waals surface area contributed by atoms with Crippen LogP contribution in [0.15, 0.2) is 96.2 Å². The van der Waals surface area contributed by atoms with E-state index in [1.807, 2.05) is 36.4 Å². The Morgan fingerprint density at radius 2 is 1.63 bits per heavy atom. The molecule has 10 heteroatoms. The molecule has 0 saturated carbocycles. The smallest absolute Gasteiger partial charge is 0.322 e. The minimum absolute atomic E-state index is 0.0216. The number of pyridine rings is 2. The van der Waals surface area contributed by atoms with E-state index in [4.69, 9.17) is 9.84 Å². The van der Waals surface area contributed by atoms with Gasteiger partial charge in [-0.1, -0.05) is 62.4 Å². The molecule has 2 N–H and O–H groups in total. The Morgan fingerprint density at radius 3 is 2.27 bits per heavy atom. The lowest BCUT2D eigenvalue weighted by atomic mass is 9.79. The molecule has 4 rings (SSSR count). The maximum atomic E-state index is 13.6. The zero-order chi connectivity index (χ0) is 29.5. The summed E-state index contributed by atoms with van der Waals surface area (Å²) in [4.78, 5) is 19.4. The van der Waals surface area contributed by atoms with Crippen molar-refractivity contribution in [1.29, 1.82) is 0 Å². The van der Waals surface area contributed by atoms with Crippen molar-refractivity contribution < 1.29 is 23.1 Å². The van der Waals surface area contributed by atoms with Gasteiger partial charge in [-0.05, 0) is 64.9 Å². The normalized spacial score (nSPS) is 11.8. The lowest BCUT2D eigenvalue weighted by Gasteiger charge is -2.26. The van der Waals surface area contributed by atoms with Crippen molar-refractivity contribution in [2.24, 2.45) is 0 Å². The van der Waals surface area contributed by atoms with Gasteiger partial charge in [0, 0.05) is 12.7 Å². The zero-order valence-electron chi connectivity index (χ0n) is 23.3. The van der Waals surface area contributed by atoms with Crippen LogP contribution >= 0.6 is 0 Å². The van der Waals surface area contributed by atoms with Gasteiger partial charge in [-0.25, -0.2) is 18.4 Å². The molecule has 0 aliphatic carbocycles. The second kappa shape index (κ2) is 12.9. The highest BCUT2D eigenvalue weighted by atomic mass is 32.2. The molecule has 41 heavy (non-hydrogen) atoms. The molecule has 0 fully saturated rings. The summed E-state index contributed by atoms with van der Waals surface area (Å²) in [5.74, 6) is 0.148. The highest BCUT2D eigenvalue weighted by Crippen LogP contribution is 2.29. The fourth-order valence-electron chi connectivity index (χ4n) is 4.49. The minimum Gasteiger partial charge on any atom is -0.497 e. The first-order valence-electron chi connectivity index (χ1n) is 13.1. The molecule has 0 aliphatic heterocycles. The third kappa shape index (κ3) is 7.90. The Labute approximate surface area is 240 Å². The first kappa shape index (κ1) is 29.7. The number of anilines is 1. The fourth-order valence-corrected chi connectivity index (χ4v) is 5.82. The van der Waals surface area contributed by atoms with Crippen molar-refractivity contribution in [2.45, 2.75) is 43.8 Å². The number of rotatable bonds is 13. The average molecular weight is 575 g/mol. The van der Waals surface area contributed by atoms with Crippen molar-refractivity contribution in [3.05, 3.63) is 114 Å². The molecular formula is C31H34N4O5S. The van der Waals surface area contributed by atoms with Crippen LogP contribution in [0.1, 0.15) is 36.2 Å². The van der Waals surface area contributed by atoms with Crippen molar-refractivity contribution in [3.8, 4) is 5.75 Å². The summed E-state index contributed by atoms with van der Waals surface area (Å²) < 4.78 is 33.9. The van der Waals surface area contributed by atoms with Gasteiger partial charge in [-0.15, -0.1) is 0 Å². The second-order valence-electron chi connectivity index (χ2n) is 10.3. The van der Waals surface area contributed by atoms with E-state index < -0.39 is 16.0 Å². The molecule has 0 atom stereocenters. The minimum atomic E-state index is -3.96. The SMILES string of the molecule is COc1ccc(CC(C)(C)c2ccc(CN(Cc3cccc(NCC(=O)O)n3)S(=O)(=O)c3ccccn3)cc2)cc1. The Kier molecular flexibility index (Phi) is 9.36. The number of nitrogens with zero attached hydrogens (tertiary/aromatic N) is 3. The maximum Gasteiger partial charge on any atom is 0.322 e. The molecule has 0 amide bonds. The zero-order valence-corrected chi connectivity index (χ0v) is 24.1. The number of benzene rings is 2. The summed E-state index contributed by atoms with van der Waals surface area (Å²) in [6.07, 6.45) is 2.27. The summed E-state index contributed by atoms with van der Waals surface area (Å²) in [6.45, 7) is 4.15. The largest absolute Gasteiger partial charge is 0.497 e. The van der Waals surface area contributed by atoms with Crippen LogP contribution in [0.3, 0.4) is 0 Å². The molecule has 214 valence electrons. The van der Waals surface area contributed by atoms with Gasteiger partial charge in [0.1, 0.15) is 18.1 Å². The van der Waals surface area contributed by atoms with E-state index >= 15 is 0 Å². The molecular weight excluding hydrogens is 540 g/mol. The molecule has 0 aliphatic rings. The van der Waals surface area contributed by atoms with E-state index in [0.29, 0.717) is 11.5 Å². The number of carbonyl (C=O) groups is 1. The first-order valence-corrected chi connectivity index (χ1v) is 14.6. The summed E-state index contributed by atoms with van der Waals surface area (Å²) in [5.41, 5.74) is 3.46. The molecule has 0 bridgehead atoms. The van der Waals surface area contributed by atoms with Gasteiger partial charge >= 0.3 is 5.97 Å². The standard InChI is InChI=1S/C31H34N4O5S/c1-31(2,19-23-12-16-27(40-3)17-13-23)25-14-10-24(11-15-25)21-35(41(38,39)29-9-4-5-18-32-29)22-26-7-6-8-28(34-26)33-20-30(36)37/h4-18H,19-22H2,1-3H3,(H,33,34)(H,36,37). The van der Waals surface area contributed by atoms with Crippen LogP contribution in [0.25, 0.3) is 0 Å². The van der Waals surface area contributed by atoms with Gasteiger partial charge in [0.2, 0.25) is 0 Å². The van der Waals surface area contributed by atoms with Crippen LogP contribution in [0, 0.1) is 0 Å². The van der Waals surface area contributed by atoms with Gasteiger partial charge in [-0.2, -0.15) is 4.31 Å². The van der Waals surface area contributed by atoms with Crippen molar-refractivity contribution in [3.63, 3.8) is 0 Å². The lowest BCUT2D eigenvalue weighted by Crippen LogP contribution is -2.31. The number of ether oxygens (including phenoxy) is 1. The van der Waals surface area contributed by atoms with Crippen LogP contribution in [0.2, 0.25) is 0 Å². The lowest BCUT2D eigenvalue weighted by molar-refractivity contribution is -0.134. The molecule has 0 unspecified atom stereocenters. The molecule has 2 aromatic carbocycles. The number of hydrogen-bond acceptors (Lipinski definition) is 7. The second-order valence-corrected chi connectivity index (χ2v) is 12.2. The van der Waals surface area contributed by atoms with Crippen LogP contribution in [0.4, 0.5) is 5.82 Å². The Hall–Kier alpha value is -4.28. The van der Waals surface area contributed by atoms with Crippen molar-refractivity contribution >= 4 is 21.8 Å². The predicted molar refractivity (Wildman–Crippen MR) is 157 cm³/mol. The summed E-state index contributed by atoms with van der Waals surface area (Å²) >= 11 is 0. The van der Waals surface area contributed by atoms with Crippen molar-refractivity contribution in [2.75, 3.05) is 19.0 Å². The summed E-state index contributed by atoms with van der Waals surface area (Å²) in [7, 11) is -2.31. The van der Waals surface area contributed by atoms with E-state index in [1.165, 1.54) is 22.1 Å². The topological polar surface area (TPSA) is 122 Å². The number of nitrogens with one attached hydrogen (secondary N) is 1. The number of aliphatic carboxylic acids is 1. The third-order valence-corrected chi connectivity index (χ3v) is 8.42. The van der Waals surface area contributed by atoms with Crippen LogP contribution < -0.4 is 10.1 Å². The summed E-state index contributed by atoms with van der Waals surface area (Å²) in [6, 6.07) is 25.8. The number of carboxylic acid groups (broad SMARTS) is 1. The molecule has 0 saturated heterocycles. The highest BCUT2D eigenvalue weighted by Gasteiger charge is 2.27. The van der Waals surface area contributed by atoms with Gasteiger partial charge in [0.25, 0.3) is 10.0 Å².